The number of esters is 1. The summed E-state index contributed by atoms with van der Waals surface area (Å²) in [5, 5.41) is 0. The molecule has 2 aromatic carbocycles. The van der Waals surface area contributed by atoms with E-state index in [1.54, 1.807) is 19.9 Å². The number of aryl methyl sites for hydroxylation is 3. The first-order valence-electron chi connectivity index (χ1n) is 17.6. The molecule has 1 aliphatic rings. The largest absolute Gasteiger partial charge is 0.466 e. The molecule has 1 aliphatic heterocycles. The maximum absolute atomic E-state index is 16.7. The van der Waals surface area contributed by atoms with Gasteiger partial charge in [-0.15, -0.1) is 0 Å². The number of likely N-dealkylation sites (tertiary alicyclic amines) is 1. The Morgan fingerprint density at radius 2 is 1.53 bits per heavy atom. The van der Waals surface area contributed by atoms with Crippen molar-refractivity contribution in [1.82, 2.24) is 9.47 Å². The molecule has 0 radical (unpaired) electrons. The van der Waals surface area contributed by atoms with Crippen molar-refractivity contribution >= 4 is 11.8 Å². The highest BCUT2D eigenvalue weighted by Gasteiger charge is 2.41. The smallest absolute Gasteiger partial charge is 0.419 e. The van der Waals surface area contributed by atoms with Crippen LogP contribution in [-0.2, 0) is 33.1 Å². The lowest BCUT2D eigenvalue weighted by molar-refractivity contribution is -0.143. The van der Waals surface area contributed by atoms with Gasteiger partial charge in [-0.3, -0.25) is 14.4 Å². The van der Waals surface area contributed by atoms with Gasteiger partial charge >= 0.3 is 18.3 Å². The summed E-state index contributed by atoms with van der Waals surface area (Å²) < 4.78 is 124. The zero-order valence-electron chi connectivity index (χ0n) is 30.3. The molecule has 2 atom stereocenters. The van der Waals surface area contributed by atoms with Crippen LogP contribution in [0.3, 0.4) is 0 Å². The van der Waals surface area contributed by atoms with Crippen LogP contribution in [0.1, 0.15) is 98.2 Å². The van der Waals surface area contributed by atoms with Gasteiger partial charge in [0, 0.05) is 35.7 Å². The Bertz CT molecular complexity index is 1840. The first kappa shape index (κ1) is 41.7. The van der Waals surface area contributed by atoms with E-state index in [9.17, 15) is 40.7 Å². The summed E-state index contributed by atoms with van der Waals surface area (Å²) in [6, 6.07) is 3.99. The SMILES string of the molecule is CCOC(=O)C[C@H](CC(=O)C(CC(C)C)n1cc(CCCN2CCC2)c(C(F)(F)F)cc1=O)c1c(F)c(-c2c(C)cccc2C)cc(C(F)(F)F)c1F. The molecule has 0 aliphatic carbocycles. The van der Waals surface area contributed by atoms with Crippen LogP contribution in [0.15, 0.2) is 41.3 Å². The van der Waals surface area contributed by atoms with Crippen LogP contribution in [-0.4, -0.2) is 47.5 Å². The second kappa shape index (κ2) is 16.9. The number of benzene rings is 2. The molecule has 4 rings (SSSR count). The number of hydrogen-bond donors (Lipinski definition) is 0. The van der Waals surface area contributed by atoms with Crippen molar-refractivity contribution in [3.05, 3.63) is 91.9 Å². The number of alkyl halides is 6. The number of hydrogen-bond acceptors (Lipinski definition) is 5. The summed E-state index contributed by atoms with van der Waals surface area (Å²) in [5.74, 6) is -7.56. The first-order valence-corrected chi connectivity index (χ1v) is 17.6. The molecule has 3 aromatic rings. The molecule has 0 saturated carbocycles. The van der Waals surface area contributed by atoms with E-state index in [2.05, 4.69) is 4.90 Å². The van der Waals surface area contributed by atoms with Crippen molar-refractivity contribution in [2.75, 3.05) is 26.2 Å². The Morgan fingerprint density at radius 1 is 0.906 bits per heavy atom. The van der Waals surface area contributed by atoms with Gasteiger partial charge in [0.05, 0.1) is 30.2 Å². The van der Waals surface area contributed by atoms with Gasteiger partial charge in [0.25, 0.3) is 5.56 Å². The van der Waals surface area contributed by atoms with Crippen molar-refractivity contribution in [2.24, 2.45) is 5.92 Å². The quantitative estimate of drug-likeness (QED) is 0.114. The van der Waals surface area contributed by atoms with Gasteiger partial charge in [-0.05, 0) is 100 Å². The molecule has 0 bridgehead atoms. The number of ether oxygens (including phenoxy) is 1. The van der Waals surface area contributed by atoms with Crippen LogP contribution in [0.4, 0.5) is 35.1 Å². The molecule has 1 unspecified atom stereocenters. The molecule has 1 aromatic heterocycles. The molecular formula is C39H44F8N2O4. The van der Waals surface area contributed by atoms with Crippen LogP contribution in [0, 0.1) is 31.4 Å². The third kappa shape index (κ3) is 9.93. The molecule has 2 heterocycles. The average molecular weight is 757 g/mol. The fraction of sp³-hybridized carbons (Fsp3) is 0.513. The second-order valence-electron chi connectivity index (χ2n) is 14.1. The lowest BCUT2D eigenvalue weighted by atomic mass is 9.83. The Balaban J connectivity index is 1.88. The third-order valence-electron chi connectivity index (χ3n) is 9.60. The normalized spacial score (nSPS) is 15.0. The summed E-state index contributed by atoms with van der Waals surface area (Å²) in [6.07, 6.45) is -9.90. The van der Waals surface area contributed by atoms with Gasteiger partial charge in [0.1, 0.15) is 11.6 Å². The molecule has 53 heavy (non-hydrogen) atoms. The van der Waals surface area contributed by atoms with Crippen LogP contribution in [0.25, 0.3) is 11.1 Å². The molecule has 6 nitrogen and oxygen atoms in total. The average Bonchev–Trinajstić information content (AvgIpc) is 3.01. The van der Waals surface area contributed by atoms with E-state index in [0.29, 0.717) is 36.2 Å². The topological polar surface area (TPSA) is 68.6 Å². The Kier molecular flexibility index (Phi) is 13.3. The zero-order chi connectivity index (χ0) is 39.4. The zero-order valence-corrected chi connectivity index (χ0v) is 30.3. The molecule has 1 fully saturated rings. The Labute approximate surface area is 303 Å². The number of halogens is 8. The molecule has 14 heteroatoms. The van der Waals surface area contributed by atoms with Crippen molar-refractivity contribution in [3.8, 4) is 11.1 Å². The highest BCUT2D eigenvalue weighted by atomic mass is 19.4. The van der Waals surface area contributed by atoms with E-state index in [4.69, 9.17) is 4.74 Å². The van der Waals surface area contributed by atoms with E-state index < -0.39 is 88.4 Å². The molecule has 1 saturated heterocycles. The third-order valence-corrected chi connectivity index (χ3v) is 9.60. The minimum Gasteiger partial charge on any atom is -0.466 e. The van der Waals surface area contributed by atoms with Gasteiger partial charge in [-0.1, -0.05) is 32.0 Å². The van der Waals surface area contributed by atoms with E-state index >= 15 is 8.78 Å². The van der Waals surface area contributed by atoms with Gasteiger partial charge in [0.15, 0.2) is 5.78 Å². The minimum atomic E-state index is -5.31. The van der Waals surface area contributed by atoms with Crippen LogP contribution < -0.4 is 5.56 Å². The number of carbonyl (C=O) groups is 2. The summed E-state index contributed by atoms with van der Waals surface area (Å²) in [4.78, 5) is 42.5. The first-order chi connectivity index (χ1) is 24.7. The maximum atomic E-state index is 16.7. The number of aromatic nitrogens is 1. The maximum Gasteiger partial charge on any atom is 0.419 e. The standard InChI is InChI=1S/C39H44F8N2O4/c1-6-53-33(52)18-26(35-36(40)27(19-29(37(35)41)39(45,46)47)34-23(4)10-7-11-24(34)5)17-31(50)30(16-22(2)3)49-21-25(12-8-13-48-14-9-15-48)28(20-32(49)51)38(42,43)44/h7,10-11,19-22,26,30H,6,8-9,12-18H2,1-5H3/t26-,30?/m0/s1. The molecule has 0 spiro atoms. The highest BCUT2D eigenvalue weighted by molar-refractivity contribution is 5.85. The number of rotatable bonds is 15. The highest BCUT2D eigenvalue weighted by Crippen LogP contribution is 2.44. The van der Waals surface area contributed by atoms with E-state index in [0.717, 1.165) is 30.3 Å². The molecule has 290 valence electrons. The van der Waals surface area contributed by atoms with E-state index in [1.807, 2.05) is 0 Å². The molecule has 0 amide bonds. The van der Waals surface area contributed by atoms with Crippen molar-refractivity contribution in [2.45, 2.75) is 97.5 Å². The fourth-order valence-corrected chi connectivity index (χ4v) is 6.96. The minimum absolute atomic E-state index is 0.0635. The van der Waals surface area contributed by atoms with Gasteiger partial charge in [-0.25, -0.2) is 8.78 Å². The Hall–Kier alpha value is -4.07. The van der Waals surface area contributed by atoms with Crippen LogP contribution >= 0.6 is 0 Å². The Morgan fingerprint density at radius 3 is 2.06 bits per heavy atom. The second-order valence-corrected chi connectivity index (χ2v) is 14.1. The predicted octanol–water partition coefficient (Wildman–Crippen LogP) is 9.37. The number of Topliss-reactive ketones (excluding diaryl/α,β-unsaturated/α-hetero) is 1. The van der Waals surface area contributed by atoms with Crippen LogP contribution in [0.2, 0.25) is 0 Å². The molecular weight excluding hydrogens is 712 g/mol. The number of ketones is 1. The molecule has 0 N–H and O–H groups in total. The number of pyridine rings is 1. The number of carbonyl (C=O) groups excluding carboxylic acids is 2. The van der Waals surface area contributed by atoms with Crippen molar-refractivity contribution in [1.29, 1.82) is 0 Å². The fourth-order valence-electron chi connectivity index (χ4n) is 6.96. The van der Waals surface area contributed by atoms with Crippen molar-refractivity contribution < 1.29 is 49.4 Å². The van der Waals surface area contributed by atoms with Gasteiger partial charge in [-0.2, -0.15) is 26.3 Å². The van der Waals surface area contributed by atoms with Crippen molar-refractivity contribution in [3.63, 3.8) is 0 Å². The number of nitrogens with zero attached hydrogens (tertiary/aromatic N) is 2. The summed E-state index contributed by atoms with van der Waals surface area (Å²) in [5.41, 5.74) is -5.26. The summed E-state index contributed by atoms with van der Waals surface area (Å²) in [7, 11) is 0. The van der Waals surface area contributed by atoms with E-state index in [1.165, 1.54) is 32.9 Å². The summed E-state index contributed by atoms with van der Waals surface area (Å²) >= 11 is 0. The monoisotopic (exact) mass is 756 g/mol. The predicted molar refractivity (Wildman–Crippen MR) is 183 cm³/mol. The summed E-state index contributed by atoms with van der Waals surface area (Å²) in [6.45, 7) is 9.87. The van der Waals surface area contributed by atoms with E-state index in [-0.39, 0.29) is 36.5 Å². The van der Waals surface area contributed by atoms with Gasteiger partial charge in [0.2, 0.25) is 0 Å². The lowest BCUT2D eigenvalue weighted by Crippen LogP contribution is -2.38. The van der Waals surface area contributed by atoms with Crippen LogP contribution in [0.5, 0.6) is 0 Å². The lowest BCUT2D eigenvalue weighted by Gasteiger charge is -2.30. The van der Waals surface area contributed by atoms with Gasteiger partial charge < -0.3 is 14.2 Å².